The Labute approximate surface area is 151 Å². The van der Waals surface area contributed by atoms with Gasteiger partial charge in [-0.25, -0.2) is 4.68 Å². The molecule has 2 aliphatic heterocycles. The maximum Gasteiger partial charge on any atom is 0.315 e. The van der Waals surface area contributed by atoms with E-state index in [0.717, 1.165) is 6.42 Å². The van der Waals surface area contributed by atoms with E-state index < -0.39 is 18.1 Å². The van der Waals surface area contributed by atoms with E-state index >= 15 is 0 Å². The SMILES string of the molecule is CCC1CC(=O)NC(n2nc(C)cc2NC(=O)C(=O)N2CCOCC2)N1. The van der Waals surface area contributed by atoms with Crippen molar-refractivity contribution in [1.29, 1.82) is 0 Å². The molecule has 0 aliphatic carbocycles. The van der Waals surface area contributed by atoms with Crippen LogP contribution in [-0.2, 0) is 19.1 Å². The zero-order chi connectivity index (χ0) is 18.7. The molecule has 142 valence electrons. The molecule has 2 aliphatic rings. The van der Waals surface area contributed by atoms with E-state index in [4.69, 9.17) is 4.74 Å². The van der Waals surface area contributed by atoms with Crippen LogP contribution in [0.2, 0.25) is 0 Å². The largest absolute Gasteiger partial charge is 0.378 e. The summed E-state index contributed by atoms with van der Waals surface area (Å²) in [6, 6.07) is 1.69. The molecular weight excluding hydrogens is 340 g/mol. The van der Waals surface area contributed by atoms with Crippen molar-refractivity contribution >= 4 is 23.5 Å². The number of rotatable bonds is 3. The van der Waals surface area contributed by atoms with Crippen LogP contribution in [0.5, 0.6) is 0 Å². The lowest BCUT2D eigenvalue weighted by atomic mass is 10.1. The Hall–Kier alpha value is -2.46. The zero-order valence-corrected chi connectivity index (χ0v) is 14.9. The molecule has 3 N–H and O–H groups in total. The minimum Gasteiger partial charge on any atom is -0.378 e. The molecule has 0 bridgehead atoms. The van der Waals surface area contributed by atoms with Crippen molar-refractivity contribution < 1.29 is 19.1 Å². The normalized spacial score (nSPS) is 23.5. The van der Waals surface area contributed by atoms with E-state index in [2.05, 4.69) is 21.0 Å². The predicted molar refractivity (Wildman–Crippen MR) is 92.0 cm³/mol. The second-order valence-electron chi connectivity index (χ2n) is 6.42. The molecule has 0 spiro atoms. The number of carbonyl (C=O) groups is 3. The molecule has 2 saturated heterocycles. The molecule has 2 unspecified atom stereocenters. The van der Waals surface area contributed by atoms with E-state index in [-0.39, 0.29) is 11.9 Å². The van der Waals surface area contributed by atoms with Crippen molar-refractivity contribution in [1.82, 2.24) is 25.3 Å². The first-order valence-corrected chi connectivity index (χ1v) is 8.77. The Morgan fingerprint density at radius 1 is 1.38 bits per heavy atom. The first kappa shape index (κ1) is 18.3. The smallest absolute Gasteiger partial charge is 0.315 e. The Morgan fingerprint density at radius 3 is 2.81 bits per heavy atom. The zero-order valence-electron chi connectivity index (χ0n) is 14.9. The molecule has 1 aromatic rings. The molecule has 2 atom stereocenters. The molecule has 0 saturated carbocycles. The van der Waals surface area contributed by atoms with Gasteiger partial charge < -0.3 is 20.3 Å². The number of nitrogens with one attached hydrogen (secondary N) is 3. The van der Waals surface area contributed by atoms with E-state index in [1.54, 1.807) is 13.0 Å². The van der Waals surface area contributed by atoms with Gasteiger partial charge in [-0.3, -0.25) is 19.7 Å². The highest BCUT2D eigenvalue weighted by molar-refractivity contribution is 6.39. The Balaban J connectivity index is 1.73. The monoisotopic (exact) mass is 364 g/mol. The summed E-state index contributed by atoms with van der Waals surface area (Å²) in [4.78, 5) is 38.0. The minimum absolute atomic E-state index is 0.0248. The van der Waals surface area contributed by atoms with Crippen LogP contribution in [0.1, 0.15) is 31.7 Å². The van der Waals surface area contributed by atoms with Crippen LogP contribution < -0.4 is 16.0 Å². The highest BCUT2D eigenvalue weighted by Crippen LogP contribution is 2.18. The Morgan fingerprint density at radius 2 is 2.12 bits per heavy atom. The third-order valence-corrected chi connectivity index (χ3v) is 4.45. The first-order valence-electron chi connectivity index (χ1n) is 8.77. The van der Waals surface area contributed by atoms with Crippen molar-refractivity contribution in [3.05, 3.63) is 11.8 Å². The number of carbonyl (C=O) groups excluding carboxylic acids is 3. The summed E-state index contributed by atoms with van der Waals surface area (Å²) >= 11 is 0. The second-order valence-corrected chi connectivity index (χ2v) is 6.42. The van der Waals surface area contributed by atoms with Crippen molar-refractivity contribution in [3.63, 3.8) is 0 Å². The van der Waals surface area contributed by atoms with Gasteiger partial charge in [-0.1, -0.05) is 6.92 Å². The van der Waals surface area contributed by atoms with Gasteiger partial charge in [0.05, 0.1) is 18.9 Å². The van der Waals surface area contributed by atoms with Crippen LogP contribution in [0.4, 0.5) is 5.82 Å². The number of nitrogens with zero attached hydrogens (tertiary/aromatic N) is 3. The number of aryl methyl sites for hydroxylation is 1. The molecule has 3 heterocycles. The summed E-state index contributed by atoms with van der Waals surface area (Å²) in [6.45, 7) is 5.40. The molecule has 0 radical (unpaired) electrons. The fourth-order valence-corrected chi connectivity index (χ4v) is 3.04. The number of morpholine rings is 1. The van der Waals surface area contributed by atoms with E-state index in [9.17, 15) is 14.4 Å². The van der Waals surface area contributed by atoms with Crippen molar-refractivity contribution in [3.8, 4) is 0 Å². The van der Waals surface area contributed by atoms with Crippen LogP contribution in [0, 0.1) is 6.92 Å². The maximum atomic E-state index is 12.3. The third kappa shape index (κ3) is 4.02. The molecule has 3 amide bonds. The summed E-state index contributed by atoms with van der Waals surface area (Å²) in [6.07, 6.45) is 0.606. The highest BCUT2D eigenvalue weighted by Gasteiger charge is 2.29. The van der Waals surface area contributed by atoms with Gasteiger partial charge in [-0.15, -0.1) is 0 Å². The topological polar surface area (TPSA) is 118 Å². The van der Waals surface area contributed by atoms with Gasteiger partial charge in [-0.05, 0) is 13.3 Å². The van der Waals surface area contributed by atoms with E-state index in [1.807, 2.05) is 6.92 Å². The fraction of sp³-hybridized carbons (Fsp3) is 0.625. The number of ether oxygens (including phenoxy) is 1. The Bertz CT molecular complexity index is 697. The van der Waals surface area contributed by atoms with E-state index in [0.29, 0.717) is 44.2 Å². The van der Waals surface area contributed by atoms with Crippen LogP contribution in [0.25, 0.3) is 0 Å². The Kier molecular flexibility index (Phi) is 5.52. The van der Waals surface area contributed by atoms with Gasteiger partial charge in [0.25, 0.3) is 0 Å². The number of hydrogen-bond donors (Lipinski definition) is 3. The maximum absolute atomic E-state index is 12.3. The molecule has 3 rings (SSSR count). The summed E-state index contributed by atoms with van der Waals surface area (Å²) < 4.78 is 6.68. The van der Waals surface area contributed by atoms with Crippen molar-refractivity contribution in [2.75, 3.05) is 31.6 Å². The minimum atomic E-state index is -0.734. The lowest BCUT2D eigenvalue weighted by molar-refractivity contribution is -0.145. The molecule has 26 heavy (non-hydrogen) atoms. The first-order chi connectivity index (χ1) is 12.5. The van der Waals surface area contributed by atoms with Gasteiger partial charge >= 0.3 is 11.8 Å². The summed E-state index contributed by atoms with van der Waals surface area (Å²) in [7, 11) is 0. The van der Waals surface area contributed by atoms with Crippen molar-refractivity contribution in [2.24, 2.45) is 0 Å². The van der Waals surface area contributed by atoms with Gasteiger partial charge in [0.1, 0.15) is 5.82 Å². The number of amides is 3. The number of anilines is 1. The van der Waals surface area contributed by atoms with Crippen molar-refractivity contribution in [2.45, 2.75) is 39.0 Å². The molecule has 10 heteroatoms. The lowest BCUT2D eigenvalue weighted by Crippen LogP contribution is -2.53. The van der Waals surface area contributed by atoms with Gasteiger partial charge in [0.15, 0.2) is 6.29 Å². The molecule has 1 aromatic heterocycles. The van der Waals surface area contributed by atoms with Gasteiger partial charge in [0, 0.05) is 31.6 Å². The average molecular weight is 364 g/mol. The lowest BCUT2D eigenvalue weighted by Gasteiger charge is -2.32. The fourth-order valence-electron chi connectivity index (χ4n) is 3.04. The molecule has 2 fully saturated rings. The van der Waals surface area contributed by atoms with Gasteiger partial charge in [-0.2, -0.15) is 5.10 Å². The highest BCUT2D eigenvalue weighted by atomic mass is 16.5. The standard InChI is InChI=1S/C16H24N6O4/c1-3-11-9-13(23)19-16(17-11)22-12(8-10(2)20-22)18-14(24)15(25)21-4-6-26-7-5-21/h8,11,16-17H,3-7,9H2,1-2H3,(H,18,24)(H,19,23). The summed E-state index contributed by atoms with van der Waals surface area (Å²) in [5.74, 6) is -1.08. The molecule has 10 nitrogen and oxygen atoms in total. The summed E-state index contributed by atoms with van der Waals surface area (Å²) in [5, 5.41) is 13.0. The van der Waals surface area contributed by atoms with Crippen LogP contribution in [0.3, 0.4) is 0 Å². The number of aromatic nitrogens is 2. The van der Waals surface area contributed by atoms with Gasteiger partial charge in [0.2, 0.25) is 5.91 Å². The quantitative estimate of drug-likeness (QED) is 0.613. The van der Waals surface area contributed by atoms with Crippen LogP contribution in [-0.4, -0.2) is 64.7 Å². The van der Waals surface area contributed by atoms with Crippen LogP contribution in [0.15, 0.2) is 6.07 Å². The van der Waals surface area contributed by atoms with Crippen LogP contribution >= 0.6 is 0 Å². The third-order valence-electron chi connectivity index (χ3n) is 4.45. The molecule has 0 aromatic carbocycles. The summed E-state index contributed by atoms with van der Waals surface area (Å²) in [5.41, 5.74) is 0.661. The predicted octanol–water partition coefficient (Wildman–Crippen LogP) is -0.667. The number of hydrogen-bond acceptors (Lipinski definition) is 6. The van der Waals surface area contributed by atoms with E-state index in [1.165, 1.54) is 9.58 Å². The average Bonchev–Trinajstić information content (AvgIpc) is 3.01. The molecular formula is C16H24N6O4. The second kappa shape index (κ2) is 7.83.